The van der Waals surface area contributed by atoms with Gasteiger partial charge in [0.05, 0.1) is 10.7 Å². The SMILES string of the molecule is Cc1cc(C)cc(NC(=O)CC(=O)Nc2ccccc2Cl)c1. The van der Waals surface area contributed by atoms with E-state index >= 15 is 0 Å². The molecule has 0 aromatic heterocycles. The zero-order valence-corrected chi connectivity index (χ0v) is 13.2. The molecule has 0 radical (unpaired) electrons. The van der Waals surface area contributed by atoms with E-state index in [4.69, 9.17) is 11.6 Å². The number of hydrogen-bond acceptors (Lipinski definition) is 2. The monoisotopic (exact) mass is 316 g/mol. The number of hydrogen-bond donors (Lipinski definition) is 2. The van der Waals surface area contributed by atoms with Crippen LogP contribution in [0.1, 0.15) is 17.5 Å². The molecule has 0 aliphatic carbocycles. The van der Waals surface area contributed by atoms with Crippen molar-refractivity contribution >= 4 is 34.8 Å². The summed E-state index contributed by atoms with van der Waals surface area (Å²) in [6.45, 7) is 3.90. The topological polar surface area (TPSA) is 58.2 Å². The number of benzene rings is 2. The molecule has 0 heterocycles. The van der Waals surface area contributed by atoms with Crippen molar-refractivity contribution in [1.82, 2.24) is 0 Å². The molecule has 4 nitrogen and oxygen atoms in total. The Bertz CT molecular complexity index is 693. The summed E-state index contributed by atoms with van der Waals surface area (Å²) in [5, 5.41) is 5.78. The highest BCUT2D eigenvalue weighted by molar-refractivity contribution is 6.33. The molecule has 5 heteroatoms. The Morgan fingerprint density at radius 2 is 1.55 bits per heavy atom. The Morgan fingerprint density at radius 1 is 0.955 bits per heavy atom. The van der Waals surface area contributed by atoms with Gasteiger partial charge < -0.3 is 10.6 Å². The molecule has 0 spiro atoms. The quantitative estimate of drug-likeness (QED) is 0.840. The van der Waals surface area contributed by atoms with E-state index in [1.54, 1.807) is 24.3 Å². The highest BCUT2D eigenvalue weighted by atomic mass is 35.5. The lowest BCUT2D eigenvalue weighted by molar-refractivity contribution is -0.123. The summed E-state index contributed by atoms with van der Waals surface area (Å²) in [7, 11) is 0. The van der Waals surface area contributed by atoms with Gasteiger partial charge in [-0.2, -0.15) is 0 Å². The van der Waals surface area contributed by atoms with Crippen molar-refractivity contribution in [2.75, 3.05) is 10.6 Å². The van der Waals surface area contributed by atoms with Gasteiger partial charge in [0.15, 0.2) is 0 Å². The zero-order valence-electron chi connectivity index (χ0n) is 12.4. The van der Waals surface area contributed by atoms with Gasteiger partial charge in [0, 0.05) is 5.69 Å². The molecule has 0 aliphatic rings. The normalized spacial score (nSPS) is 10.1. The number of anilines is 2. The van der Waals surface area contributed by atoms with Crippen LogP contribution in [0, 0.1) is 13.8 Å². The summed E-state index contributed by atoms with van der Waals surface area (Å²) in [6, 6.07) is 12.6. The van der Waals surface area contributed by atoms with Gasteiger partial charge in [0.2, 0.25) is 11.8 Å². The van der Waals surface area contributed by atoms with Crippen LogP contribution in [0.4, 0.5) is 11.4 Å². The van der Waals surface area contributed by atoms with Crippen LogP contribution < -0.4 is 10.6 Å². The second kappa shape index (κ2) is 7.09. The fraction of sp³-hybridized carbons (Fsp3) is 0.176. The first-order valence-corrected chi connectivity index (χ1v) is 7.24. The molecule has 0 aliphatic heterocycles. The second-order valence-electron chi connectivity index (χ2n) is 5.13. The average Bonchev–Trinajstić information content (AvgIpc) is 2.39. The Kier molecular flexibility index (Phi) is 5.17. The lowest BCUT2D eigenvalue weighted by Crippen LogP contribution is -2.21. The van der Waals surface area contributed by atoms with E-state index in [1.807, 2.05) is 32.0 Å². The van der Waals surface area contributed by atoms with Crippen molar-refractivity contribution in [2.45, 2.75) is 20.3 Å². The summed E-state index contributed by atoms with van der Waals surface area (Å²) in [5.41, 5.74) is 3.29. The molecule has 2 amide bonds. The molecule has 0 atom stereocenters. The van der Waals surface area contributed by atoms with Crippen molar-refractivity contribution in [3.05, 3.63) is 58.6 Å². The van der Waals surface area contributed by atoms with Gasteiger partial charge in [-0.25, -0.2) is 0 Å². The minimum absolute atomic E-state index is 0.266. The molecule has 2 N–H and O–H groups in total. The maximum atomic E-state index is 11.9. The summed E-state index contributed by atoms with van der Waals surface area (Å²) in [4.78, 5) is 23.8. The third-order valence-electron chi connectivity index (χ3n) is 2.97. The average molecular weight is 317 g/mol. The number of aryl methyl sites for hydroxylation is 2. The minimum atomic E-state index is -0.407. The molecular formula is C17H17ClN2O2. The number of carbonyl (C=O) groups excluding carboxylic acids is 2. The predicted octanol–water partition coefficient (Wildman–Crippen LogP) is 3.92. The zero-order chi connectivity index (χ0) is 16.1. The van der Waals surface area contributed by atoms with Crippen molar-refractivity contribution in [3.8, 4) is 0 Å². The number of halogens is 1. The predicted molar refractivity (Wildman–Crippen MR) is 89.2 cm³/mol. The largest absolute Gasteiger partial charge is 0.326 e. The van der Waals surface area contributed by atoms with Gasteiger partial charge in [0.1, 0.15) is 6.42 Å². The Labute approximate surface area is 134 Å². The number of carbonyl (C=O) groups is 2. The van der Waals surface area contributed by atoms with Crippen molar-refractivity contribution in [1.29, 1.82) is 0 Å². The summed E-state index contributed by atoms with van der Waals surface area (Å²) >= 11 is 5.95. The van der Waals surface area contributed by atoms with E-state index in [0.29, 0.717) is 16.4 Å². The minimum Gasteiger partial charge on any atom is -0.326 e. The fourth-order valence-electron chi connectivity index (χ4n) is 2.15. The fourth-order valence-corrected chi connectivity index (χ4v) is 2.34. The van der Waals surface area contributed by atoms with E-state index in [1.165, 1.54) is 0 Å². The summed E-state index contributed by atoms with van der Waals surface area (Å²) in [5.74, 6) is -0.774. The summed E-state index contributed by atoms with van der Waals surface area (Å²) in [6.07, 6.45) is -0.266. The van der Waals surface area contributed by atoms with Crippen LogP contribution in [0.15, 0.2) is 42.5 Å². The van der Waals surface area contributed by atoms with Gasteiger partial charge in [-0.05, 0) is 49.2 Å². The lowest BCUT2D eigenvalue weighted by Gasteiger charge is -2.09. The Hall–Kier alpha value is -2.33. The number of nitrogens with one attached hydrogen (secondary N) is 2. The van der Waals surface area contributed by atoms with Crippen LogP contribution in [0.25, 0.3) is 0 Å². The maximum Gasteiger partial charge on any atom is 0.233 e. The standard InChI is InChI=1S/C17H17ClN2O2/c1-11-7-12(2)9-13(8-11)19-16(21)10-17(22)20-15-6-4-3-5-14(15)18/h3-9H,10H2,1-2H3,(H,19,21)(H,20,22). The molecule has 114 valence electrons. The van der Waals surface area contributed by atoms with Crippen LogP contribution in [0.3, 0.4) is 0 Å². The first kappa shape index (κ1) is 16.0. The molecule has 0 fully saturated rings. The second-order valence-corrected chi connectivity index (χ2v) is 5.54. The highest BCUT2D eigenvalue weighted by Crippen LogP contribution is 2.20. The molecule has 0 saturated carbocycles. The van der Waals surface area contributed by atoms with Gasteiger partial charge in [0.25, 0.3) is 0 Å². The van der Waals surface area contributed by atoms with E-state index < -0.39 is 5.91 Å². The molecule has 2 aromatic rings. The Morgan fingerprint density at radius 3 is 2.18 bits per heavy atom. The van der Waals surface area contributed by atoms with Crippen LogP contribution in [0.5, 0.6) is 0 Å². The third kappa shape index (κ3) is 4.60. The smallest absolute Gasteiger partial charge is 0.233 e. The third-order valence-corrected chi connectivity index (χ3v) is 3.30. The number of rotatable bonds is 4. The van der Waals surface area contributed by atoms with Crippen LogP contribution in [-0.4, -0.2) is 11.8 Å². The van der Waals surface area contributed by atoms with Gasteiger partial charge in [-0.3, -0.25) is 9.59 Å². The van der Waals surface area contributed by atoms with Gasteiger partial charge >= 0.3 is 0 Å². The molecule has 2 rings (SSSR count). The van der Waals surface area contributed by atoms with Crippen molar-refractivity contribution in [3.63, 3.8) is 0 Å². The molecular weight excluding hydrogens is 300 g/mol. The van der Waals surface area contributed by atoms with Gasteiger partial charge in [-0.15, -0.1) is 0 Å². The number of amides is 2. The first-order valence-electron chi connectivity index (χ1n) is 6.86. The van der Waals surface area contributed by atoms with Crippen LogP contribution in [0.2, 0.25) is 5.02 Å². The highest BCUT2D eigenvalue weighted by Gasteiger charge is 2.11. The lowest BCUT2D eigenvalue weighted by atomic mass is 10.1. The Balaban J connectivity index is 1.94. The van der Waals surface area contributed by atoms with E-state index in [0.717, 1.165) is 11.1 Å². The van der Waals surface area contributed by atoms with Crippen LogP contribution in [-0.2, 0) is 9.59 Å². The molecule has 0 bridgehead atoms. The molecule has 0 unspecified atom stereocenters. The number of para-hydroxylation sites is 1. The van der Waals surface area contributed by atoms with Crippen LogP contribution >= 0.6 is 11.6 Å². The molecule has 0 saturated heterocycles. The van der Waals surface area contributed by atoms with Crippen molar-refractivity contribution in [2.24, 2.45) is 0 Å². The van der Waals surface area contributed by atoms with Gasteiger partial charge in [-0.1, -0.05) is 29.8 Å². The summed E-state index contributed by atoms with van der Waals surface area (Å²) < 4.78 is 0. The molecule has 22 heavy (non-hydrogen) atoms. The maximum absolute atomic E-state index is 11.9. The van der Waals surface area contributed by atoms with E-state index in [2.05, 4.69) is 10.6 Å². The van der Waals surface area contributed by atoms with Crippen molar-refractivity contribution < 1.29 is 9.59 Å². The van der Waals surface area contributed by atoms with E-state index in [-0.39, 0.29) is 12.3 Å². The molecule has 2 aromatic carbocycles. The first-order chi connectivity index (χ1) is 10.4. The van der Waals surface area contributed by atoms with E-state index in [9.17, 15) is 9.59 Å².